The fraction of sp³-hybridized carbons (Fsp3) is 0. The van der Waals surface area contributed by atoms with Crippen LogP contribution in [0.25, 0.3) is 22.3 Å². The van der Waals surface area contributed by atoms with Crippen LogP contribution in [0.4, 0.5) is 10.1 Å². The van der Waals surface area contributed by atoms with Crippen molar-refractivity contribution in [2.45, 2.75) is 0 Å². The Balaban J connectivity index is 2.01. The molecule has 0 unspecified atom stereocenters. The van der Waals surface area contributed by atoms with E-state index in [1.807, 2.05) is 6.07 Å². The molecule has 0 atom stereocenters. The molecule has 0 fully saturated rings. The van der Waals surface area contributed by atoms with E-state index in [1.54, 1.807) is 30.5 Å². The standard InChI is InChI=1S/C17H12FN3O/c1-2-16(22)20-14-8-5-12-10-19-17(21-15(12)9-14)11-3-6-13(18)7-4-11/h2-10H,1H2,(H,20,22). The molecule has 1 heterocycles. The normalized spacial score (nSPS) is 10.4. The maximum atomic E-state index is 13.0. The lowest BCUT2D eigenvalue weighted by Crippen LogP contribution is -2.07. The minimum absolute atomic E-state index is 0.285. The Hall–Kier alpha value is -3.08. The number of fused-ring (bicyclic) bond motifs is 1. The monoisotopic (exact) mass is 293 g/mol. The van der Waals surface area contributed by atoms with Crippen molar-refractivity contribution in [2.75, 3.05) is 5.32 Å². The van der Waals surface area contributed by atoms with E-state index in [4.69, 9.17) is 0 Å². The second kappa shape index (κ2) is 5.73. The molecule has 2 aromatic carbocycles. The first-order chi connectivity index (χ1) is 10.7. The van der Waals surface area contributed by atoms with E-state index in [1.165, 1.54) is 18.2 Å². The quantitative estimate of drug-likeness (QED) is 0.751. The SMILES string of the molecule is C=CC(=O)Nc1ccc2cnc(-c3ccc(F)cc3)nc2c1. The number of halogens is 1. The summed E-state index contributed by atoms with van der Waals surface area (Å²) in [6.45, 7) is 3.41. The topological polar surface area (TPSA) is 54.9 Å². The summed E-state index contributed by atoms with van der Waals surface area (Å²) in [6.07, 6.45) is 2.90. The zero-order valence-corrected chi connectivity index (χ0v) is 11.6. The fourth-order valence-corrected chi connectivity index (χ4v) is 2.03. The molecule has 0 bridgehead atoms. The Morgan fingerprint density at radius 1 is 1.18 bits per heavy atom. The summed E-state index contributed by atoms with van der Waals surface area (Å²) in [5, 5.41) is 3.53. The third-order valence-corrected chi connectivity index (χ3v) is 3.14. The third kappa shape index (κ3) is 2.83. The van der Waals surface area contributed by atoms with Gasteiger partial charge in [-0.1, -0.05) is 6.58 Å². The van der Waals surface area contributed by atoms with Crippen LogP contribution < -0.4 is 5.32 Å². The van der Waals surface area contributed by atoms with Crippen molar-refractivity contribution in [1.82, 2.24) is 9.97 Å². The van der Waals surface area contributed by atoms with Crippen LogP contribution in [0.5, 0.6) is 0 Å². The minimum Gasteiger partial charge on any atom is -0.322 e. The van der Waals surface area contributed by atoms with E-state index < -0.39 is 0 Å². The molecule has 3 aromatic rings. The molecule has 0 spiro atoms. The maximum Gasteiger partial charge on any atom is 0.247 e. The highest BCUT2D eigenvalue weighted by atomic mass is 19.1. The van der Waals surface area contributed by atoms with Crippen LogP contribution in [0.1, 0.15) is 0 Å². The molecular formula is C17H12FN3O. The van der Waals surface area contributed by atoms with Gasteiger partial charge in [0.15, 0.2) is 5.82 Å². The van der Waals surface area contributed by atoms with Crippen LogP contribution in [0.15, 0.2) is 61.3 Å². The van der Waals surface area contributed by atoms with Crippen molar-refractivity contribution in [3.05, 3.63) is 67.1 Å². The largest absolute Gasteiger partial charge is 0.322 e. The number of amides is 1. The zero-order chi connectivity index (χ0) is 15.5. The molecule has 0 saturated carbocycles. The molecule has 0 aliphatic carbocycles. The highest BCUT2D eigenvalue weighted by Crippen LogP contribution is 2.21. The number of carbonyl (C=O) groups excluding carboxylic acids is 1. The van der Waals surface area contributed by atoms with Gasteiger partial charge < -0.3 is 5.32 Å². The second-order valence-electron chi connectivity index (χ2n) is 4.67. The van der Waals surface area contributed by atoms with Gasteiger partial charge in [0.2, 0.25) is 5.91 Å². The number of hydrogen-bond acceptors (Lipinski definition) is 3. The summed E-state index contributed by atoms with van der Waals surface area (Å²) < 4.78 is 13.0. The average molecular weight is 293 g/mol. The number of nitrogens with one attached hydrogen (secondary N) is 1. The Morgan fingerprint density at radius 2 is 1.95 bits per heavy atom. The van der Waals surface area contributed by atoms with Gasteiger partial charge >= 0.3 is 0 Å². The zero-order valence-electron chi connectivity index (χ0n) is 11.6. The van der Waals surface area contributed by atoms with Crippen molar-refractivity contribution >= 4 is 22.5 Å². The maximum absolute atomic E-state index is 13.0. The van der Waals surface area contributed by atoms with E-state index >= 15 is 0 Å². The number of nitrogens with zero attached hydrogens (tertiary/aromatic N) is 2. The van der Waals surface area contributed by atoms with Gasteiger partial charge in [-0.2, -0.15) is 0 Å². The summed E-state index contributed by atoms with van der Waals surface area (Å²) in [5.41, 5.74) is 2.04. The van der Waals surface area contributed by atoms with Gasteiger partial charge in [-0.3, -0.25) is 4.79 Å². The minimum atomic E-state index is -0.307. The van der Waals surface area contributed by atoms with Gasteiger partial charge in [0.1, 0.15) is 5.82 Å². The molecule has 0 aliphatic rings. The van der Waals surface area contributed by atoms with E-state index in [-0.39, 0.29) is 11.7 Å². The molecule has 0 radical (unpaired) electrons. The average Bonchev–Trinajstić information content (AvgIpc) is 2.54. The Labute approximate surface area is 126 Å². The van der Waals surface area contributed by atoms with Crippen molar-refractivity contribution < 1.29 is 9.18 Å². The number of benzene rings is 2. The summed E-state index contributed by atoms with van der Waals surface area (Å²) in [6, 6.07) is 11.3. The van der Waals surface area contributed by atoms with Crippen LogP contribution in [0.3, 0.4) is 0 Å². The summed E-state index contributed by atoms with van der Waals surface area (Å²) in [4.78, 5) is 20.1. The van der Waals surface area contributed by atoms with E-state index in [2.05, 4.69) is 21.9 Å². The van der Waals surface area contributed by atoms with Crippen LogP contribution in [-0.2, 0) is 4.79 Å². The van der Waals surface area contributed by atoms with Crippen molar-refractivity contribution in [2.24, 2.45) is 0 Å². The van der Waals surface area contributed by atoms with Gasteiger partial charge in [0, 0.05) is 22.8 Å². The molecule has 1 aromatic heterocycles. The third-order valence-electron chi connectivity index (χ3n) is 3.14. The first kappa shape index (κ1) is 13.9. The smallest absolute Gasteiger partial charge is 0.247 e. The molecule has 3 rings (SSSR count). The van der Waals surface area contributed by atoms with Gasteiger partial charge in [0.05, 0.1) is 5.52 Å². The predicted molar refractivity (Wildman–Crippen MR) is 83.8 cm³/mol. The van der Waals surface area contributed by atoms with Crippen LogP contribution >= 0.6 is 0 Å². The van der Waals surface area contributed by atoms with Crippen LogP contribution in [0.2, 0.25) is 0 Å². The van der Waals surface area contributed by atoms with Crippen molar-refractivity contribution in [3.8, 4) is 11.4 Å². The van der Waals surface area contributed by atoms with Gasteiger partial charge in [0.25, 0.3) is 0 Å². The Bertz CT molecular complexity index is 859. The molecule has 1 amide bonds. The number of anilines is 1. The lowest BCUT2D eigenvalue weighted by Gasteiger charge is -2.05. The van der Waals surface area contributed by atoms with E-state index in [0.29, 0.717) is 17.0 Å². The molecule has 1 N–H and O–H groups in total. The predicted octanol–water partition coefficient (Wildman–Crippen LogP) is 3.56. The van der Waals surface area contributed by atoms with Crippen molar-refractivity contribution in [3.63, 3.8) is 0 Å². The first-order valence-corrected chi connectivity index (χ1v) is 6.62. The van der Waals surface area contributed by atoms with Gasteiger partial charge in [-0.25, -0.2) is 14.4 Å². The molecule has 0 saturated heterocycles. The number of carbonyl (C=O) groups is 1. The lowest BCUT2D eigenvalue weighted by molar-refractivity contribution is -0.111. The molecule has 0 aliphatic heterocycles. The number of aromatic nitrogens is 2. The molecule has 22 heavy (non-hydrogen) atoms. The van der Waals surface area contributed by atoms with Crippen molar-refractivity contribution in [1.29, 1.82) is 0 Å². The van der Waals surface area contributed by atoms with Gasteiger partial charge in [-0.15, -0.1) is 0 Å². The summed E-state index contributed by atoms with van der Waals surface area (Å²) in [7, 11) is 0. The highest BCUT2D eigenvalue weighted by Gasteiger charge is 2.05. The Morgan fingerprint density at radius 3 is 2.68 bits per heavy atom. The van der Waals surface area contributed by atoms with Crippen LogP contribution in [-0.4, -0.2) is 15.9 Å². The highest BCUT2D eigenvalue weighted by molar-refractivity contribution is 6.00. The molecule has 5 heteroatoms. The number of hydrogen-bond donors (Lipinski definition) is 1. The molecule has 4 nitrogen and oxygen atoms in total. The van der Waals surface area contributed by atoms with E-state index in [9.17, 15) is 9.18 Å². The molecule has 108 valence electrons. The fourth-order valence-electron chi connectivity index (χ4n) is 2.03. The number of rotatable bonds is 3. The van der Waals surface area contributed by atoms with Gasteiger partial charge in [-0.05, 0) is 48.5 Å². The summed E-state index contributed by atoms with van der Waals surface area (Å²) >= 11 is 0. The first-order valence-electron chi connectivity index (χ1n) is 6.62. The molecular weight excluding hydrogens is 281 g/mol. The Kier molecular flexibility index (Phi) is 3.62. The summed E-state index contributed by atoms with van der Waals surface area (Å²) in [5.74, 6) is -0.0918. The van der Waals surface area contributed by atoms with Crippen LogP contribution in [0, 0.1) is 5.82 Å². The van der Waals surface area contributed by atoms with E-state index in [0.717, 1.165) is 10.9 Å². The lowest BCUT2D eigenvalue weighted by atomic mass is 10.2. The second-order valence-corrected chi connectivity index (χ2v) is 4.67.